The van der Waals surface area contributed by atoms with Gasteiger partial charge in [-0.3, -0.25) is 0 Å². The minimum atomic E-state index is -0.426. The van der Waals surface area contributed by atoms with Crippen molar-refractivity contribution in [1.82, 2.24) is 0 Å². The molecule has 20 heavy (non-hydrogen) atoms. The first-order valence-corrected chi connectivity index (χ1v) is 7.74. The summed E-state index contributed by atoms with van der Waals surface area (Å²) in [7, 11) is 0. The molecular weight excluding hydrogens is 389 g/mol. The standard InChI is InChI=1S/C15H14Br2FNO/c1-2-20-10-4-5-11(14(17)8-10)15(19)12-7-9(18)3-6-13(12)16/h3-8,15H,2,19H2,1H3. The first-order valence-electron chi connectivity index (χ1n) is 6.15. The van der Waals surface area contributed by atoms with Gasteiger partial charge in [0.1, 0.15) is 11.6 Å². The van der Waals surface area contributed by atoms with Crippen LogP contribution in [-0.2, 0) is 0 Å². The second-order valence-corrected chi connectivity index (χ2v) is 5.97. The maximum absolute atomic E-state index is 13.4. The number of halogens is 3. The molecule has 2 aromatic carbocycles. The third-order valence-corrected chi connectivity index (χ3v) is 4.32. The summed E-state index contributed by atoms with van der Waals surface area (Å²) in [6.07, 6.45) is 0. The van der Waals surface area contributed by atoms with Crippen LogP contribution in [0.5, 0.6) is 5.75 Å². The van der Waals surface area contributed by atoms with E-state index in [-0.39, 0.29) is 5.82 Å². The van der Waals surface area contributed by atoms with Gasteiger partial charge in [-0.1, -0.05) is 37.9 Å². The fraction of sp³-hybridized carbons (Fsp3) is 0.200. The molecule has 2 aromatic rings. The fourth-order valence-electron chi connectivity index (χ4n) is 1.94. The van der Waals surface area contributed by atoms with Crippen LogP contribution in [0.3, 0.4) is 0 Å². The maximum Gasteiger partial charge on any atom is 0.123 e. The van der Waals surface area contributed by atoms with Crippen LogP contribution in [0.15, 0.2) is 45.3 Å². The molecule has 0 bridgehead atoms. The van der Waals surface area contributed by atoms with Gasteiger partial charge in [0.15, 0.2) is 0 Å². The van der Waals surface area contributed by atoms with Crippen molar-refractivity contribution in [1.29, 1.82) is 0 Å². The summed E-state index contributed by atoms with van der Waals surface area (Å²) in [5.74, 6) is 0.467. The lowest BCUT2D eigenvalue weighted by atomic mass is 9.99. The van der Waals surface area contributed by atoms with Crippen molar-refractivity contribution < 1.29 is 9.13 Å². The summed E-state index contributed by atoms with van der Waals surface area (Å²) >= 11 is 6.89. The van der Waals surface area contributed by atoms with E-state index in [9.17, 15) is 4.39 Å². The van der Waals surface area contributed by atoms with E-state index in [0.29, 0.717) is 12.2 Å². The summed E-state index contributed by atoms with van der Waals surface area (Å²) in [4.78, 5) is 0. The molecule has 1 unspecified atom stereocenters. The highest BCUT2D eigenvalue weighted by Crippen LogP contribution is 2.33. The van der Waals surface area contributed by atoms with E-state index in [0.717, 1.165) is 20.3 Å². The zero-order chi connectivity index (χ0) is 14.7. The number of nitrogens with two attached hydrogens (primary N) is 1. The van der Waals surface area contributed by atoms with Crippen molar-refractivity contribution in [2.75, 3.05) is 6.61 Å². The summed E-state index contributed by atoms with van der Waals surface area (Å²) in [6, 6.07) is 9.68. The predicted molar refractivity (Wildman–Crippen MR) is 85.4 cm³/mol. The number of ether oxygens (including phenoxy) is 1. The Hall–Kier alpha value is -0.910. The number of hydrogen-bond donors (Lipinski definition) is 1. The lowest BCUT2D eigenvalue weighted by Gasteiger charge is -2.17. The molecule has 0 aliphatic rings. The molecule has 106 valence electrons. The molecule has 0 radical (unpaired) electrons. The Kier molecular flexibility index (Phi) is 5.18. The number of benzene rings is 2. The lowest BCUT2D eigenvalue weighted by molar-refractivity contribution is 0.340. The second kappa shape index (κ2) is 6.70. The molecule has 0 saturated carbocycles. The van der Waals surface area contributed by atoms with E-state index in [2.05, 4.69) is 31.9 Å². The average Bonchev–Trinajstić information content (AvgIpc) is 2.41. The van der Waals surface area contributed by atoms with Crippen LogP contribution in [-0.4, -0.2) is 6.61 Å². The maximum atomic E-state index is 13.4. The quantitative estimate of drug-likeness (QED) is 0.797. The van der Waals surface area contributed by atoms with Gasteiger partial charge >= 0.3 is 0 Å². The lowest BCUT2D eigenvalue weighted by Crippen LogP contribution is -2.13. The molecule has 0 fully saturated rings. The Morgan fingerprint density at radius 1 is 1.10 bits per heavy atom. The summed E-state index contributed by atoms with van der Waals surface area (Å²) in [5.41, 5.74) is 7.82. The van der Waals surface area contributed by atoms with Gasteiger partial charge in [0.2, 0.25) is 0 Å². The molecule has 0 spiro atoms. The molecule has 0 aromatic heterocycles. The van der Waals surface area contributed by atoms with Gasteiger partial charge in [-0.2, -0.15) is 0 Å². The van der Waals surface area contributed by atoms with Crippen molar-refractivity contribution in [3.8, 4) is 5.75 Å². The molecule has 2 rings (SSSR count). The SMILES string of the molecule is CCOc1ccc(C(N)c2cc(F)ccc2Br)c(Br)c1. The Labute approximate surface area is 134 Å². The molecular formula is C15H14Br2FNO. The third-order valence-electron chi connectivity index (χ3n) is 2.91. The second-order valence-electron chi connectivity index (χ2n) is 4.26. The van der Waals surface area contributed by atoms with E-state index in [1.54, 1.807) is 6.07 Å². The first-order chi connectivity index (χ1) is 9.52. The largest absolute Gasteiger partial charge is 0.494 e. The predicted octanol–water partition coefficient (Wildman–Crippen LogP) is 4.80. The Balaban J connectivity index is 2.38. The first kappa shape index (κ1) is 15.5. The topological polar surface area (TPSA) is 35.2 Å². The van der Waals surface area contributed by atoms with Gasteiger partial charge in [0.05, 0.1) is 12.6 Å². The highest BCUT2D eigenvalue weighted by molar-refractivity contribution is 9.10. The van der Waals surface area contributed by atoms with Gasteiger partial charge in [-0.05, 0) is 48.4 Å². The molecule has 0 aliphatic heterocycles. The molecule has 2 nitrogen and oxygen atoms in total. The monoisotopic (exact) mass is 401 g/mol. The molecule has 1 atom stereocenters. The normalized spacial score (nSPS) is 12.2. The molecule has 0 saturated heterocycles. The summed E-state index contributed by atoms with van der Waals surface area (Å²) < 4.78 is 20.4. The van der Waals surface area contributed by atoms with Crippen LogP contribution in [0.2, 0.25) is 0 Å². The van der Waals surface area contributed by atoms with E-state index >= 15 is 0 Å². The molecule has 2 N–H and O–H groups in total. The number of hydrogen-bond acceptors (Lipinski definition) is 2. The third kappa shape index (κ3) is 3.40. The van der Waals surface area contributed by atoms with Gasteiger partial charge in [-0.15, -0.1) is 0 Å². The fourth-order valence-corrected chi connectivity index (χ4v) is 3.03. The smallest absolute Gasteiger partial charge is 0.123 e. The Morgan fingerprint density at radius 2 is 1.85 bits per heavy atom. The van der Waals surface area contributed by atoms with Crippen LogP contribution in [0, 0.1) is 5.82 Å². The summed E-state index contributed by atoms with van der Waals surface area (Å²) in [6.45, 7) is 2.53. The van der Waals surface area contributed by atoms with Gasteiger partial charge in [-0.25, -0.2) is 4.39 Å². The van der Waals surface area contributed by atoms with Gasteiger partial charge in [0.25, 0.3) is 0 Å². The van der Waals surface area contributed by atoms with Crippen LogP contribution in [0.1, 0.15) is 24.1 Å². The highest BCUT2D eigenvalue weighted by Gasteiger charge is 2.16. The van der Waals surface area contributed by atoms with Crippen LogP contribution >= 0.6 is 31.9 Å². The average molecular weight is 403 g/mol. The minimum Gasteiger partial charge on any atom is -0.494 e. The molecule has 0 amide bonds. The van der Waals surface area contributed by atoms with Crippen LogP contribution in [0.4, 0.5) is 4.39 Å². The minimum absolute atomic E-state index is 0.305. The highest BCUT2D eigenvalue weighted by atomic mass is 79.9. The van der Waals surface area contributed by atoms with E-state index in [1.807, 2.05) is 25.1 Å². The van der Waals surface area contributed by atoms with Crippen LogP contribution < -0.4 is 10.5 Å². The number of rotatable bonds is 4. The Bertz CT molecular complexity index is 619. The van der Waals surface area contributed by atoms with Crippen molar-refractivity contribution >= 4 is 31.9 Å². The van der Waals surface area contributed by atoms with Crippen molar-refractivity contribution in [2.24, 2.45) is 5.73 Å². The molecule has 5 heteroatoms. The van der Waals surface area contributed by atoms with E-state index in [4.69, 9.17) is 10.5 Å². The van der Waals surface area contributed by atoms with E-state index < -0.39 is 6.04 Å². The van der Waals surface area contributed by atoms with Crippen molar-refractivity contribution in [2.45, 2.75) is 13.0 Å². The van der Waals surface area contributed by atoms with Gasteiger partial charge in [0, 0.05) is 8.95 Å². The Morgan fingerprint density at radius 3 is 2.50 bits per heavy atom. The molecule has 0 heterocycles. The van der Waals surface area contributed by atoms with Crippen LogP contribution in [0.25, 0.3) is 0 Å². The zero-order valence-corrected chi connectivity index (χ0v) is 14.0. The van der Waals surface area contributed by atoms with Gasteiger partial charge < -0.3 is 10.5 Å². The molecule has 0 aliphatic carbocycles. The van der Waals surface area contributed by atoms with Crippen molar-refractivity contribution in [3.05, 3.63) is 62.3 Å². The van der Waals surface area contributed by atoms with E-state index in [1.165, 1.54) is 12.1 Å². The van der Waals surface area contributed by atoms with Crippen molar-refractivity contribution in [3.63, 3.8) is 0 Å². The summed E-state index contributed by atoms with van der Waals surface area (Å²) in [5, 5.41) is 0. The zero-order valence-electron chi connectivity index (χ0n) is 10.9.